The normalized spacial score (nSPS) is 22.0. The van der Waals surface area contributed by atoms with E-state index in [1.165, 1.54) is 0 Å². The van der Waals surface area contributed by atoms with Crippen molar-refractivity contribution >= 4 is 5.97 Å². The number of nitrogens with zero attached hydrogens (tertiary/aromatic N) is 1. The molecule has 1 rings (SSSR count). The summed E-state index contributed by atoms with van der Waals surface area (Å²) in [5.74, 6) is -0.746. The van der Waals surface area contributed by atoms with E-state index in [1.807, 2.05) is 0 Å². The van der Waals surface area contributed by atoms with Crippen molar-refractivity contribution in [2.75, 3.05) is 6.54 Å². The molecule has 0 fully saturated rings. The van der Waals surface area contributed by atoms with Gasteiger partial charge in [0.15, 0.2) is 0 Å². The van der Waals surface area contributed by atoms with Gasteiger partial charge in [0.05, 0.1) is 6.54 Å². The summed E-state index contributed by atoms with van der Waals surface area (Å²) >= 11 is 0. The molecule has 0 aromatic rings. The minimum absolute atomic E-state index is 0.0925. The third-order valence-corrected chi connectivity index (χ3v) is 2.80. The van der Waals surface area contributed by atoms with Crippen LogP contribution in [0.3, 0.4) is 0 Å². The first-order valence-electron chi connectivity index (χ1n) is 5.56. The molecule has 0 heterocycles. The molecule has 0 radical (unpaired) electrons. The summed E-state index contributed by atoms with van der Waals surface area (Å²) in [5.41, 5.74) is -0.0925. The lowest BCUT2D eigenvalue weighted by atomic mass is 9.96. The van der Waals surface area contributed by atoms with E-state index in [0.717, 1.165) is 19.3 Å². The Labute approximate surface area is 91.8 Å². The lowest BCUT2D eigenvalue weighted by Gasteiger charge is -2.40. The monoisotopic (exact) mass is 211 g/mol. The summed E-state index contributed by atoms with van der Waals surface area (Å²) in [6.45, 7) is 6.33. The minimum atomic E-state index is -0.746. The van der Waals surface area contributed by atoms with E-state index >= 15 is 0 Å². The summed E-state index contributed by atoms with van der Waals surface area (Å²) in [5, 5.41) is 8.91. The Morgan fingerprint density at radius 3 is 2.60 bits per heavy atom. The van der Waals surface area contributed by atoms with E-state index in [2.05, 4.69) is 37.8 Å². The van der Waals surface area contributed by atoms with Crippen molar-refractivity contribution in [3.05, 3.63) is 12.2 Å². The summed E-state index contributed by atoms with van der Waals surface area (Å²) in [7, 11) is 0. The van der Waals surface area contributed by atoms with Crippen molar-refractivity contribution in [3.8, 4) is 0 Å². The molecule has 15 heavy (non-hydrogen) atoms. The molecule has 0 aromatic carbocycles. The largest absolute Gasteiger partial charge is 0.480 e. The van der Waals surface area contributed by atoms with Crippen molar-refractivity contribution in [3.63, 3.8) is 0 Å². The van der Waals surface area contributed by atoms with Crippen LogP contribution in [-0.4, -0.2) is 34.1 Å². The Morgan fingerprint density at radius 2 is 2.20 bits per heavy atom. The lowest BCUT2D eigenvalue weighted by molar-refractivity contribution is -0.140. The smallest absolute Gasteiger partial charge is 0.317 e. The van der Waals surface area contributed by atoms with Crippen molar-refractivity contribution in [1.29, 1.82) is 0 Å². The lowest BCUT2D eigenvalue weighted by Crippen LogP contribution is -2.50. The summed E-state index contributed by atoms with van der Waals surface area (Å²) < 4.78 is 0. The van der Waals surface area contributed by atoms with Gasteiger partial charge < -0.3 is 5.11 Å². The van der Waals surface area contributed by atoms with Crippen molar-refractivity contribution in [2.45, 2.75) is 51.6 Å². The Balaban J connectivity index is 2.75. The molecule has 3 heteroatoms. The average Bonchev–Trinajstić information content (AvgIpc) is 2.14. The van der Waals surface area contributed by atoms with Crippen LogP contribution in [0.5, 0.6) is 0 Å². The zero-order valence-electron chi connectivity index (χ0n) is 9.86. The molecule has 1 unspecified atom stereocenters. The maximum absolute atomic E-state index is 10.8. The van der Waals surface area contributed by atoms with Crippen LogP contribution >= 0.6 is 0 Å². The minimum Gasteiger partial charge on any atom is -0.480 e. The first kappa shape index (κ1) is 12.2. The molecule has 0 saturated heterocycles. The van der Waals surface area contributed by atoms with Gasteiger partial charge in [-0.2, -0.15) is 0 Å². The summed E-state index contributed by atoms with van der Waals surface area (Å²) in [4.78, 5) is 12.9. The van der Waals surface area contributed by atoms with E-state index in [4.69, 9.17) is 5.11 Å². The molecule has 0 aliphatic heterocycles. The summed E-state index contributed by atoms with van der Waals surface area (Å²) in [6, 6.07) is 0.287. The number of hydrogen-bond donors (Lipinski definition) is 1. The van der Waals surface area contributed by atoms with E-state index in [1.54, 1.807) is 0 Å². The van der Waals surface area contributed by atoms with Gasteiger partial charge >= 0.3 is 5.97 Å². The van der Waals surface area contributed by atoms with Gasteiger partial charge in [-0.15, -0.1) is 0 Å². The maximum Gasteiger partial charge on any atom is 0.317 e. The SMILES string of the molecule is CC(C)(C)N(CC(=O)O)C1C=CCCC1. The molecule has 0 aromatic heterocycles. The van der Waals surface area contributed by atoms with Gasteiger partial charge in [-0.3, -0.25) is 9.69 Å². The quantitative estimate of drug-likeness (QED) is 0.728. The molecule has 1 aliphatic rings. The number of rotatable bonds is 3. The molecule has 0 bridgehead atoms. The molecular weight excluding hydrogens is 190 g/mol. The zero-order valence-corrected chi connectivity index (χ0v) is 9.86. The first-order chi connectivity index (χ1) is 6.91. The number of carboxylic acids is 1. The van der Waals surface area contributed by atoms with E-state index in [-0.39, 0.29) is 18.1 Å². The third-order valence-electron chi connectivity index (χ3n) is 2.80. The number of carboxylic acid groups (broad SMARTS) is 1. The Morgan fingerprint density at radius 1 is 1.53 bits per heavy atom. The number of aliphatic carboxylic acids is 1. The summed E-state index contributed by atoms with van der Waals surface area (Å²) in [6.07, 6.45) is 7.67. The molecular formula is C12H21NO2. The molecule has 86 valence electrons. The van der Waals surface area contributed by atoms with Crippen LogP contribution in [0.15, 0.2) is 12.2 Å². The van der Waals surface area contributed by atoms with Gasteiger partial charge in [-0.05, 0) is 40.0 Å². The van der Waals surface area contributed by atoms with Crippen LogP contribution in [0.25, 0.3) is 0 Å². The fourth-order valence-corrected chi connectivity index (χ4v) is 2.05. The second-order valence-electron chi connectivity index (χ2n) is 5.12. The molecule has 1 N–H and O–H groups in total. The molecule has 1 atom stereocenters. The maximum atomic E-state index is 10.8. The van der Waals surface area contributed by atoms with Gasteiger partial charge in [0, 0.05) is 11.6 Å². The Bertz CT molecular complexity index is 253. The standard InChI is InChI=1S/C12H21NO2/c1-12(2,3)13(9-11(14)15)10-7-5-4-6-8-10/h5,7,10H,4,6,8-9H2,1-3H3,(H,14,15). The highest BCUT2D eigenvalue weighted by Gasteiger charge is 2.29. The predicted octanol–water partition coefficient (Wildman–Crippen LogP) is 2.28. The zero-order chi connectivity index (χ0) is 11.5. The average molecular weight is 211 g/mol. The van der Waals surface area contributed by atoms with Crippen LogP contribution in [-0.2, 0) is 4.79 Å². The van der Waals surface area contributed by atoms with Gasteiger partial charge in [-0.1, -0.05) is 12.2 Å². The molecule has 3 nitrogen and oxygen atoms in total. The highest BCUT2D eigenvalue weighted by molar-refractivity contribution is 5.69. The highest BCUT2D eigenvalue weighted by Crippen LogP contribution is 2.23. The van der Waals surface area contributed by atoms with Gasteiger partial charge in [-0.25, -0.2) is 0 Å². The van der Waals surface area contributed by atoms with Crippen molar-refractivity contribution in [2.24, 2.45) is 0 Å². The third kappa shape index (κ3) is 3.67. The van der Waals surface area contributed by atoms with Gasteiger partial charge in [0.2, 0.25) is 0 Å². The van der Waals surface area contributed by atoms with Crippen LogP contribution in [0.4, 0.5) is 0 Å². The van der Waals surface area contributed by atoms with E-state index in [0.29, 0.717) is 0 Å². The fraction of sp³-hybridized carbons (Fsp3) is 0.750. The second-order valence-corrected chi connectivity index (χ2v) is 5.12. The van der Waals surface area contributed by atoms with Crippen LogP contribution in [0.1, 0.15) is 40.0 Å². The number of hydrogen-bond acceptors (Lipinski definition) is 2. The van der Waals surface area contributed by atoms with Gasteiger partial charge in [0.25, 0.3) is 0 Å². The van der Waals surface area contributed by atoms with E-state index in [9.17, 15) is 4.79 Å². The second kappa shape index (κ2) is 4.79. The first-order valence-corrected chi connectivity index (χ1v) is 5.56. The van der Waals surface area contributed by atoms with Gasteiger partial charge in [0.1, 0.15) is 0 Å². The Hall–Kier alpha value is -0.830. The molecule has 1 aliphatic carbocycles. The van der Waals surface area contributed by atoms with Crippen LogP contribution in [0.2, 0.25) is 0 Å². The topological polar surface area (TPSA) is 40.5 Å². The number of allylic oxidation sites excluding steroid dienone is 1. The predicted molar refractivity (Wildman–Crippen MR) is 60.9 cm³/mol. The fourth-order valence-electron chi connectivity index (χ4n) is 2.05. The molecule has 0 saturated carbocycles. The molecule has 0 amide bonds. The van der Waals surface area contributed by atoms with Crippen molar-refractivity contribution in [1.82, 2.24) is 4.90 Å². The van der Waals surface area contributed by atoms with Crippen LogP contribution in [0, 0.1) is 0 Å². The highest BCUT2D eigenvalue weighted by atomic mass is 16.4. The molecule has 0 spiro atoms. The van der Waals surface area contributed by atoms with E-state index < -0.39 is 5.97 Å². The Kier molecular flexibility index (Phi) is 3.91. The number of carbonyl (C=O) groups is 1. The van der Waals surface area contributed by atoms with Crippen LogP contribution < -0.4 is 0 Å². The van der Waals surface area contributed by atoms with Crippen molar-refractivity contribution < 1.29 is 9.90 Å².